The summed E-state index contributed by atoms with van der Waals surface area (Å²) in [5.41, 5.74) is 4.88. The van der Waals surface area contributed by atoms with Crippen LogP contribution in [0.5, 0.6) is 0 Å². The number of halogens is 2. The Morgan fingerprint density at radius 1 is 1.13 bits per heavy atom. The largest absolute Gasteiger partial charge is 1.00 e. The third-order valence-electron chi connectivity index (χ3n) is 3.78. The molecule has 0 aliphatic rings. The van der Waals surface area contributed by atoms with Gasteiger partial charge in [0.25, 0.3) is 0 Å². The second kappa shape index (κ2) is 7.28. The van der Waals surface area contributed by atoms with Crippen LogP contribution in [-0.4, -0.2) is 9.78 Å². The SMILES string of the molecule is Cc1ccc(Cn2c[n+](C)c(-c3cccc(Cl)c3)n2)c(C)c1.[Br-]. The first-order valence-corrected chi connectivity index (χ1v) is 7.66. The van der Waals surface area contributed by atoms with Crippen LogP contribution in [0.3, 0.4) is 0 Å². The van der Waals surface area contributed by atoms with Gasteiger partial charge in [0.15, 0.2) is 0 Å². The van der Waals surface area contributed by atoms with Gasteiger partial charge in [-0.3, -0.25) is 0 Å². The molecular weight excluding hydrogens is 374 g/mol. The maximum Gasteiger partial charge on any atom is 0.308 e. The van der Waals surface area contributed by atoms with Gasteiger partial charge in [-0.1, -0.05) is 41.4 Å². The van der Waals surface area contributed by atoms with Crippen molar-refractivity contribution in [2.24, 2.45) is 7.05 Å². The van der Waals surface area contributed by atoms with E-state index in [-0.39, 0.29) is 17.0 Å². The first-order valence-electron chi connectivity index (χ1n) is 7.28. The maximum absolute atomic E-state index is 6.08. The minimum Gasteiger partial charge on any atom is -1.00 e. The predicted octanol–water partition coefficient (Wildman–Crippen LogP) is 0.697. The minimum atomic E-state index is 0. The number of aryl methyl sites for hydroxylation is 3. The summed E-state index contributed by atoms with van der Waals surface area (Å²) >= 11 is 6.08. The van der Waals surface area contributed by atoms with Crippen molar-refractivity contribution in [2.75, 3.05) is 0 Å². The summed E-state index contributed by atoms with van der Waals surface area (Å²) in [5.74, 6) is 0.910. The van der Waals surface area contributed by atoms with Crippen molar-refractivity contribution in [1.82, 2.24) is 9.78 Å². The van der Waals surface area contributed by atoms with Gasteiger partial charge in [0.2, 0.25) is 6.33 Å². The van der Waals surface area contributed by atoms with E-state index in [1.165, 1.54) is 16.7 Å². The summed E-state index contributed by atoms with van der Waals surface area (Å²) in [4.78, 5) is 0. The van der Waals surface area contributed by atoms with Crippen LogP contribution in [-0.2, 0) is 13.6 Å². The Labute approximate surface area is 152 Å². The average molecular weight is 393 g/mol. The number of hydrogen-bond acceptors (Lipinski definition) is 1. The molecule has 0 N–H and O–H groups in total. The van der Waals surface area contributed by atoms with Gasteiger partial charge in [-0.25, -0.2) is 4.57 Å². The fourth-order valence-corrected chi connectivity index (χ4v) is 2.83. The number of rotatable bonds is 3. The summed E-state index contributed by atoms with van der Waals surface area (Å²) in [6, 6.07) is 14.3. The van der Waals surface area contributed by atoms with E-state index in [4.69, 9.17) is 16.7 Å². The number of nitrogens with zero attached hydrogens (tertiary/aromatic N) is 3. The van der Waals surface area contributed by atoms with Gasteiger partial charge in [-0.15, -0.1) is 4.68 Å². The molecule has 23 heavy (non-hydrogen) atoms. The van der Waals surface area contributed by atoms with Crippen LogP contribution in [0.4, 0.5) is 0 Å². The molecule has 0 atom stereocenters. The summed E-state index contributed by atoms with van der Waals surface area (Å²) < 4.78 is 3.99. The molecule has 0 fully saturated rings. The van der Waals surface area contributed by atoms with E-state index >= 15 is 0 Å². The molecule has 5 heteroatoms. The van der Waals surface area contributed by atoms with Gasteiger partial charge in [0.05, 0.1) is 12.6 Å². The molecule has 3 aromatic rings. The molecule has 1 heterocycles. The molecule has 3 nitrogen and oxygen atoms in total. The molecule has 0 aliphatic carbocycles. The van der Waals surface area contributed by atoms with Gasteiger partial charge in [0, 0.05) is 10.1 Å². The van der Waals surface area contributed by atoms with E-state index < -0.39 is 0 Å². The van der Waals surface area contributed by atoms with Crippen molar-refractivity contribution >= 4 is 11.6 Å². The zero-order chi connectivity index (χ0) is 15.7. The van der Waals surface area contributed by atoms with Crippen LogP contribution in [0.1, 0.15) is 16.7 Å². The zero-order valence-corrected chi connectivity index (χ0v) is 15.8. The predicted molar refractivity (Wildman–Crippen MR) is 88.9 cm³/mol. The normalized spacial score (nSPS) is 10.4. The molecule has 0 bridgehead atoms. The van der Waals surface area contributed by atoms with Crippen molar-refractivity contribution in [2.45, 2.75) is 20.4 Å². The molecule has 0 spiro atoms. The van der Waals surface area contributed by atoms with Crippen molar-refractivity contribution in [1.29, 1.82) is 0 Å². The third kappa shape index (κ3) is 4.01. The Hall–Kier alpha value is -1.65. The summed E-state index contributed by atoms with van der Waals surface area (Å²) in [6.45, 7) is 5.02. The molecule has 0 aliphatic heterocycles. The minimum absolute atomic E-state index is 0. The summed E-state index contributed by atoms with van der Waals surface area (Å²) in [7, 11) is 2.00. The summed E-state index contributed by atoms with van der Waals surface area (Å²) in [6.07, 6.45) is 2.01. The van der Waals surface area contributed by atoms with Crippen LogP contribution >= 0.6 is 11.6 Å². The summed E-state index contributed by atoms with van der Waals surface area (Å²) in [5, 5.41) is 5.42. The Morgan fingerprint density at radius 2 is 1.91 bits per heavy atom. The van der Waals surface area contributed by atoms with Gasteiger partial charge < -0.3 is 17.0 Å². The van der Waals surface area contributed by atoms with Gasteiger partial charge in [-0.05, 0) is 43.2 Å². The molecule has 0 saturated heterocycles. The third-order valence-corrected chi connectivity index (χ3v) is 4.01. The lowest BCUT2D eigenvalue weighted by molar-refractivity contribution is -0.661. The smallest absolute Gasteiger partial charge is 0.308 e. The molecule has 2 aromatic carbocycles. The highest BCUT2D eigenvalue weighted by molar-refractivity contribution is 6.30. The molecule has 0 unspecified atom stereocenters. The van der Waals surface area contributed by atoms with E-state index in [1.807, 2.05) is 46.9 Å². The van der Waals surface area contributed by atoms with E-state index in [2.05, 4.69) is 32.0 Å². The standard InChI is InChI=1S/C18H19ClN3.BrH/c1-13-7-8-16(14(2)9-13)11-22-12-21(3)18(20-22)15-5-4-6-17(19)10-15;/h4-10,12H,11H2,1-3H3;1H/q+1;/p-1. The Bertz CT molecular complexity index is 827. The topological polar surface area (TPSA) is 21.7 Å². The first-order chi connectivity index (χ1) is 10.5. The molecule has 120 valence electrons. The molecule has 1 aromatic heterocycles. The fourth-order valence-electron chi connectivity index (χ4n) is 2.64. The van der Waals surface area contributed by atoms with Gasteiger partial charge in [0.1, 0.15) is 6.54 Å². The number of benzene rings is 2. The molecule has 0 amide bonds. The molecular formula is C18H19BrClN3. The quantitative estimate of drug-likeness (QED) is 0.601. The Balaban J connectivity index is 0.00000192. The van der Waals surface area contributed by atoms with Crippen molar-refractivity contribution in [3.63, 3.8) is 0 Å². The van der Waals surface area contributed by atoms with Gasteiger partial charge in [-0.2, -0.15) is 0 Å². The number of hydrogen-bond donors (Lipinski definition) is 0. The highest BCUT2D eigenvalue weighted by Crippen LogP contribution is 2.18. The van der Waals surface area contributed by atoms with Crippen molar-refractivity contribution in [3.05, 3.63) is 70.5 Å². The maximum atomic E-state index is 6.08. The number of aromatic nitrogens is 3. The second-order valence-corrected chi connectivity index (χ2v) is 6.12. The highest BCUT2D eigenvalue weighted by Gasteiger charge is 2.17. The monoisotopic (exact) mass is 391 g/mol. The van der Waals surface area contributed by atoms with Crippen molar-refractivity contribution in [3.8, 4) is 11.4 Å². The Kier molecular flexibility index (Phi) is 5.60. The zero-order valence-electron chi connectivity index (χ0n) is 13.4. The van der Waals surface area contributed by atoms with E-state index in [9.17, 15) is 0 Å². The Morgan fingerprint density at radius 3 is 2.61 bits per heavy atom. The van der Waals surface area contributed by atoms with E-state index in [0.29, 0.717) is 0 Å². The fraction of sp³-hybridized carbons (Fsp3) is 0.222. The van der Waals surface area contributed by atoms with Crippen LogP contribution in [0.25, 0.3) is 11.4 Å². The second-order valence-electron chi connectivity index (χ2n) is 5.69. The van der Waals surface area contributed by atoms with Crippen LogP contribution in [0.2, 0.25) is 5.02 Å². The van der Waals surface area contributed by atoms with E-state index in [0.717, 1.165) is 23.0 Å². The lowest BCUT2D eigenvalue weighted by Crippen LogP contribution is -3.00. The molecule has 0 saturated carbocycles. The van der Waals surface area contributed by atoms with Crippen LogP contribution in [0.15, 0.2) is 48.8 Å². The first kappa shape index (κ1) is 17.7. The average Bonchev–Trinajstić information content (AvgIpc) is 2.83. The molecule has 3 rings (SSSR count). The van der Waals surface area contributed by atoms with Crippen LogP contribution in [0, 0.1) is 13.8 Å². The lowest BCUT2D eigenvalue weighted by atomic mass is 10.1. The van der Waals surface area contributed by atoms with Gasteiger partial charge >= 0.3 is 5.82 Å². The van der Waals surface area contributed by atoms with E-state index in [1.54, 1.807) is 0 Å². The lowest BCUT2D eigenvalue weighted by Gasteiger charge is -2.03. The van der Waals surface area contributed by atoms with Crippen LogP contribution < -0.4 is 21.5 Å². The molecule has 0 radical (unpaired) electrons. The van der Waals surface area contributed by atoms with Crippen molar-refractivity contribution < 1.29 is 21.5 Å². The highest BCUT2D eigenvalue weighted by atomic mass is 79.9.